The summed E-state index contributed by atoms with van der Waals surface area (Å²) in [7, 11) is 0. The quantitative estimate of drug-likeness (QED) is 0.878. The Hall–Kier alpha value is -1.38. The summed E-state index contributed by atoms with van der Waals surface area (Å²) in [6.45, 7) is 0.689. The Labute approximate surface area is 115 Å². The minimum atomic E-state index is -0.0676. The van der Waals surface area contributed by atoms with Crippen molar-refractivity contribution < 1.29 is 4.79 Å². The Balaban J connectivity index is 1.87. The number of hydrogen-bond donors (Lipinski definition) is 2. The average molecular weight is 308 g/mol. The molecule has 0 aliphatic heterocycles. The molecular weight excluding hydrogens is 294 g/mol. The molecule has 5 heteroatoms. The average Bonchev–Trinajstić information content (AvgIpc) is 3.15. The minimum absolute atomic E-state index is 0.0676. The van der Waals surface area contributed by atoms with Gasteiger partial charge in [0.1, 0.15) is 6.07 Å². The first-order valence-corrected chi connectivity index (χ1v) is 6.71. The van der Waals surface area contributed by atoms with Gasteiger partial charge in [0.15, 0.2) is 0 Å². The van der Waals surface area contributed by atoms with E-state index in [0.29, 0.717) is 30.3 Å². The summed E-state index contributed by atoms with van der Waals surface area (Å²) >= 11 is 3.29. The standard InChI is InChI=1S/C13H14BrN3O/c14-10-1-4-12(9(7-10)8-15)17-13(18)5-6-16-11-2-3-11/h1,4,7,11,16H,2-3,5-6H2,(H,17,18). The van der Waals surface area contributed by atoms with E-state index in [-0.39, 0.29) is 5.91 Å². The molecule has 4 nitrogen and oxygen atoms in total. The number of nitrogens with zero attached hydrogens (tertiary/aromatic N) is 1. The molecule has 0 aromatic heterocycles. The maximum Gasteiger partial charge on any atom is 0.225 e. The normalized spacial score (nSPS) is 14.0. The molecule has 1 amide bonds. The van der Waals surface area contributed by atoms with Crippen LogP contribution in [0.4, 0.5) is 5.69 Å². The van der Waals surface area contributed by atoms with Gasteiger partial charge < -0.3 is 10.6 Å². The topological polar surface area (TPSA) is 64.9 Å². The van der Waals surface area contributed by atoms with E-state index < -0.39 is 0 Å². The summed E-state index contributed by atoms with van der Waals surface area (Å²) in [5.41, 5.74) is 1.03. The second-order valence-corrected chi connectivity index (χ2v) is 5.24. The summed E-state index contributed by atoms with van der Waals surface area (Å²) in [6, 6.07) is 7.90. The lowest BCUT2D eigenvalue weighted by Crippen LogP contribution is -2.23. The number of hydrogen-bond acceptors (Lipinski definition) is 3. The molecule has 0 spiro atoms. The second-order valence-electron chi connectivity index (χ2n) is 4.33. The van der Waals surface area contributed by atoms with Gasteiger partial charge in [0.25, 0.3) is 0 Å². The van der Waals surface area contributed by atoms with E-state index in [1.807, 2.05) is 0 Å². The fourth-order valence-corrected chi connectivity index (χ4v) is 1.97. The number of carbonyl (C=O) groups excluding carboxylic acids is 1. The van der Waals surface area contributed by atoms with Gasteiger partial charge >= 0.3 is 0 Å². The number of nitrogens with one attached hydrogen (secondary N) is 2. The molecule has 0 saturated heterocycles. The number of nitriles is 1. The van der Waals surface area contributed by atoms with Crippen LogP contribution in [0.1, 0.15) is 24.8 Å². The third kappa shape index (κ3) is 3.83. The Morgan fingerprint density at radius 3 is 2.94 bits per heavy atom. The van der Waals surface area contributed by atoms with E-state index in [0.717, 1.165) is 4.47 Å². The number of rotatable bonds is 5. The molecule has 1 aliphatic carbocycles. The highest BCUT2D eigenvalue weighted by Crippen LogP contribution is 2.20. The summed E-state index contributed by atoms with van der Waals surface area (Å²) in [6.07, 6.45) is 2.86. The molecule has 0 bridgehead atoms. The maximum absolute atomic E-state index is 11.7. The zero-order valence-corrected chi connectivity index (χ0v) is 11.5. The van der Waals surface area contributed by atoms with Gasteiger partial charge in [-0.2, -0.15) is 5.26 Å². The van der Waals surface area contributed by atoms with Crippen LogP contribution in [0.2, 0.25) is 0 Å². The van der Waals surface area contributed by atoms with Crippen molar-refractivity contribution in [2.75, 3.05) is 11.9 Å². The molecule has 0 heterocycles. The number of carbonyl (C=O) groups is 1. The number of benzene rings is 1. The smallest absolute Gasteiger partial charge is 0.225 e. The third-order valence-corrected chi connectivity index (χ3v) is 3.23. The molecule has 0 unspecified atom stereocenters. The lowest BCUT2D eigenvalue weighted by Gasteiger charge is -2.07. The minimum Gasteiger partial charge on any atom is -0.325 e. The van der Waals surface area contributed by atoms with E-state index in [2.05, 4.69) is 32.6 Å². The zero-order valence-electron chi connectivity index (χ0n) is 9.87. The van der Waals surface area contributed by atoms with Crippen molar-refractivity contribution in [3.8, 4) is 6.07 Å². The van der Waals surface area contributed by atoms with Gasteiger partial charge in [-0.3, -0.25) is 4.79 Å². The van der Waals surface area contributed by atoms with Crippen LogP contribution in [0.15, 0.2) is 22.7 Å². The lowest BCUT2D eigenvalue weighted by molar-refractivity contribution is -0.116. The molecule has 1 aromatic rings. The van der Waals surface area contributed by atoms with E-state index >= 15 is 0 Å². The van der Waals surface area contributed by atoms with Crippen molar-refractivity contribution >= 4 is 27.5 Å². The summed E-state index contributed by atoms with van der Waals surface area (Å²) < 4.78 is 0.826. The van der Waals surface area contributed by atoms with Gasteiger partial charge in [0.2, 0.25) is 5.91 Å². The van der Waals surface area contributed by atoms with Gasteiger partial charge in [-0.15, -0.1) is 0 Å². The van der Waals surface area contributed by atoms with Crippen molar-refractivity contribution in [1.29, 1.82) is 5.26 Å². The summed E-state index contributed by atoms with van der Waals surface area (Å²) in [5.74, 6) is -0.0676. The van der Waals surface area contributed by atoms with Gasteiger partial charge in [-0.25, -0.2) is 0 Å². The van der Waals surface area contributed by atoms with Crippen molar-refractivity contribution in [2.45, 2.75) is 25.3 Å². The number of anilines is 1. The SMILES string of the molecule is N#Cc1cc(Br)ccc1NC(=O)CCNC1CC1. The van der Waals surface area contributed by atoms with Crippen LogP contribution in [-0.2, 0) is 4.79 Å². The van der Waals surface area contributed by atoms with Crippen LogP contribution in [0.3, 0.4) is 0 Å². The first-order chi connectivity index (χ1) is 8.69. The molecule has 1 saturated carbocycles. The number of halogens is 1. The summed E-state index contributed by atoms with van der Waals surface area (Å²) in [5, 5.41) is 15.0. The highest BCUT2D eigenvalue weighted by molar-refractivity contribution is 9.10. The van der Waals surface area contributed by atoms with Gasteiger partial charge in [0, 0.05) is 23.5 Å². The molecule has 94 valence electrons. The highest BCUT2D eigenvalue weighted by Gasteiger charge is 2.20. The zero-order chi connectivity index (χ0) is 13.0. The fraction of sp³-hybridized carbons (Fsp3) is 0.385. The first kappa shape index (κ1) is 13.1. The molecule has 1 aliphatic rings. The van der Waals surface area contributed by atoms with Crippen molar-refractivity contribution in [1.82, 2.24) is 5.32 Å². The Bertz CT molecular complexity index is 491. The van der Waals surface area contributed by atoms with Gasteiger partial charge in [0.05, 0.1) is 11.3 Å². The van der Waals surface area contributed by atoms with E-state index in [1.54, 1.807) is 18.2 Å². The molecule has 1 aromatic carbocycles. The third-order valence-electron chi connectivity index (χ3n) is 2.74. The number of amides is 1. The van der Waals surface area contributed by atoms with Crippen LogP contribution < -0.4 is 10.6 Å². The van der Waals surface area contributed by atoms with Crippen LogP contribution in [0.5, 0.6) is 0 Å². The van der Waals surface area contributed by atoms with E-state index in [4.69, 9.17) is 5.26 Å². The largest absolute Gasteiger partial charge is 0.325 e. The molecule has 18 heavy (non-hydrogen) atoms. The fourth-order valence-electron chi connectivity index (χ4n) is 1.61. The molecule has 0 radical (unpaired) electrons. The maximum atomic E-state index is 11.7. The molecule has 2 N–H and O–H groups in total. The Morgan fingerprint density at radius 2 is 2.28 bits per heavy atom. The Kier molecular flexibility index (Phi) is 4.34. The van der Waals surface area contributed by atoms with Crippen LogP contribution >= 0.6 is 15.9 Å². The molecule has 2 rings (SSSR count). The first-order valence-electron chi connectivity index (χ1n) is 5.92. The van der Waals surface area contributed by atoms with E-state index in [9.17, 15) is 4.79 Å². The molecule has 0 atom stereocenters. The van der Waals surface area contributed by atoms with Crippen molar-refractivity contribution in [2.24, 2.45) is 0 Å². The predicted molar refractivity (Wildman–Crippen MR) is 73.1 cm³/mol. The van der Waals surface area contributed by atoms with Crippen LogP contribution in [-0.4, -0.2) is 18.5 Å². The Morgan fingerprint density at radius 1 is 1.50 bits per heavy atom. The molecule has 1 fully saturated rings. The van der Waals surface area contributed by atoms with Crippen LogP contribution in [0.25, 0.3) is 0 Å². The van der Waals surface area contributed by atoms with Crippen molar-refractivity contribution in [3.05, 3.63) is 28.2 Å². The summed E-state index contributed by atoms with van der Waals surface area (Å²) in [4.78, 5) is 11.7. The van der Waals surface area contributed by atoms with E-state index in [1.165, 1.54) is 12.8 Å². The van der Waals surface area contributed by atoms with Gasteiger partial charge in [-0.05, 0) is 31.0 Å². The lowest BCUT2D eigenvalue weighted by atomic mass is 10.2. The second kappa shape index (κ2) is 5.98. The van der Waals surface area contributed by atoms with Crippen LogP contribution in [0, 0.1) is 11.3 Å². The predicted octanol–water partition coefficient (Wildman–Crippen LogP) is 2.40. The highest BCUT2D eigenvalue weighted by atomic mass is 79.9. The van der Waals surface area contributed by atoms with Crippen molar-refractivity contribution in [3.63, 3.8) is 0 Å². The monoisotopic (exact) mass is 307 g/mol. The molecular formula is C13H14BrN3O. The van der Waals surface area contributed by atoms with Gasteiger partial charge in [-0.1, -0.05) is 15.9 Å².